The van der Waals surface area contributed by atoms with Gasteiger partial charge in [0.1, 0.15) is 0 Å². The highest BCUT2D eigenvalue weighted by Gasteiger charge is 2.40. The predicted molar refractivity (Wildman–Crippen MR) is 85.8 cm³/mol. The number of esters is 1. The summed E-state index contributed by atoms with van der Waals surface area (Å²) in [6.07, 6.45) is 6.15. The van der Waals surface area contributed by atoms with Crippen LogP contribution >= 0.6 is 0 Å². The average Bonchev–Trinajstić information content (AvgIpc) is 2.96. The van der Waals surface area contributed by atoms with Crippen molar-refractivity contribution in [3.63, 3.8) is 0 Å². The second kappa shape index (κ2) is 7.01. The lowest BCUT2D eigenvalue weighted by Crippen LogP contribution is -2.36. The van der Waals surface area contributed by atoms with Crippen LogP contribution in [0.25, 0.3) is 0 Å². The first kappa shape index (κ1) is 17.9. The number of nitrogens with zero attached hydrogens (tertiary/aromatic N) is 2. The summed E-state index contributed by atoms with van der Waals surface area (Å²) in [5.41, 5.74) is -0.574. The molecule has 2 atom stereocenters. The molecule has 1 aromatic rings. The fourth-order valence-electron chi connectivity index (χ4n) is 3.12. The van der Waals surface area contributed by atoms with Gasteiger partial charge in [-0.3, -0.25) is 9.48 Å². The monoisotopic (exact) mass is 324 g/mol. The van der Waals surface area contributed by atoms with Gasteiger partial charge in [-0.15, -0.1) is 0 Å². The van der Waals surface area contributed by atoms with Crippen LogP contribution < -0.4 is 0 Å². The Hall–Kier alpha value is -1.40. The smallest absolute Gasteiger partial charge is 0.309 e. The molecule has 23 heavy (non-hydrogen) atoms. The Morgan fingerprint density at radius 3 is 2.96 bits per heavy atom. The SMILES string of the molecule is CCOC(=O)C1CCCC(O)(c2cnn(CC(C)(C)OC)c2)C1. The lowest BCUT2D eigenvalue weighted by molar-refractivity contribution is -0.153. The van der Waals surface area contributed by atoms with Crippen molar-refractivity contribution in [2.45, 2.75) is 64.2 Å². The largest absolute Gasteiger partial charge is 0.466 e. The number of carbonyl (C=O) groups excluding carboxylic acids is 1. The third kappa shape index (κ3) is 4.32. The number of ether oxygens (including phenoxy) is 2. The Morgan fingerprint density at radius 2 is 2.30 bits per heavy atom. The minimum Gasteiger partial charge on any atom is -0.466 e. The van der Waals surface area contributed by atoms with Gasteiger partial charge in [0.2, 0.25) is 0 Å². The highest BCUT2D eigenvalue weighted by molar-refractivity contribution is 5.72. The number of rotatable bonds is 6. The third-order valence-electron chi connectivity index (χ3n) is 4.61. The third-order valence-corrected chi connectivity index (χ3v) is 4.61. The lowest BCUT2D eigenvalue weighted by atomic mass is 9.75. The van der Waals surface area contributed by atoms with Crippen molar-refractivity contribution in [2.24, 2.45) is 5.92 Å². The Labute approximate surface area is 137 Å². The summed E-state index contributed by atoms with van der Waals surface area (Å²) in [7, 11) is 1.67. The van der Waals surface area contributed by atoms with Gasteiger partial charge in [0.05, 0.1) is 36.5 Å². The minimum atomic E-state index is -1.01. The molecule has 130 valence electrons. The summed E-state index contributed by atoms with van der Waals surface area (Å²) >= 11 is 0. The summed E-state index contributed by atoms with van der Waals surface area (Å²) in [5.74, 6) is -0.453. The quantitative estimate of drug-likeness (QED) is 0.813. The molecule has 1 aliphatic rings. The zero-order chi connectivity index (χ0) is 17.1. The van der Waals surface area contributed by atoms with Crippen LogP contribution in [-0.2, 0) is 26.4 Å². The molecule has 6 nitrogen and oxygen atoms in total. The summed E-state index contributed by atoms with van der Waals surface area (Å²) in [4.78, 5) is 12.0. The summed E-state index contributed by atoms with van der Waals surface area (Å²) in [6.45, 7) is 6.74. The molecule has 2 unspecified atom stereocenters. The van der Waals surface area contributed by atoms with Gasteiger partial charge in [-0.25, -0.2) is 0 Å². The van der Waals surface area contributed by atoms with Crippen LogP contribution in [0.5, 0.6) is 0 Å². The Morgan fingerprint density at radius 1 is 1.57 bits per heavy atom. The van der Waals surface area contributed by atoms with Crippen molar-refractivity contribution in [1.29, 1.82) is 0 Å². The number of carbonyl (C=O) groups is 1. The zero-order valence-corrected chi connectivity index (χ0v) is 14.5. The normalized spacial score (nSPS) is 25.3. The minimum absolute atomic E-state index is 0.210. The molecule has 0 radical (unpaired) electrons. The number of hydrogen-bond acceptors (Lipinski definition) is 5. The standard InChI is InChI=1S/C17H28N2O4/c1-5-23-15(20)13-7-6-8-17(21,9-13)14-10-18-19(11-14)12-16(2,3)22-4/h10-11,13,21H,5-9,12H2,1-4H3. The van der Waals surface area contributed by atoms with Gasteiger partial charge in [-0.2, -0.15) is 5.10 Å². The van der Waals surface area contributed by atoms with Crippen molar-refractivity contribution >= 4 is 5.97 Å². The first-order valence-electron chi connectivity index (χ1n) is 8.27. The summed E-state index contributed by atoms with van der Waals surface area (Å²) in [6, 6.07) is 0. The predicted octanol–water partition coefficient (Wildman–Crippen LogP) is 2.25. The van der Waals surface area contributed by atoms with Crippen LogP contribution in [0.3, 0.4) is 0 Å². The molecule has 6 heteroatoms. The molecule has 0 amide bonds. The van der Waals surface area contributed by atoms with Crippen LogP contribution in [0.1, 0.15) is 52.0 Å². The van der Waals surface area contributed by atoms with Crippen molar-refractivity contribution in [3.05, 3.63) is 18.0 Å². The van der Waals surface area contributed by atoms with Gasteiger partial charge in [0.25, 0.3) is 0 Å². The van der Waals surface area contributed by atoms with E-state index in [1.165, 1.54) is 0 Å². The molecule has 0 aliphatic heterocycles. The van der Waals surface area contributed by atoms with Crippen LogP contribution in [0.15, 0.2) is 12.4 Å². The Bertz CT molecular complexity index is 540. The van der Waals surface area contributed by atoms with Gasteiger partial charge >= 0.3 is 5.97 Å². The topological polar surface area (TPSA) is 73.6 Å². The highest BCUT2D eigenvalue weighted by Crippen LogP contribution is 2.40. The molecule has 0 aromatic carbocycles. The van der Waals surface area contributed by atoms with E-state index in [4.69, 9.17) is 9.47 Å². The summed E-state index contributed by atoms with van der Waals surface area (Å²) in [5, 5.41) is 15.3. The highest BCUT2D eigenvalue weighted by atomic mass is 16.5. The second-order valence-corrected chi connectivity index (χ2v) is 6.97. The molecule has 1 N–H and O–H groups in total. The maximum absolute atomic E-state index is 12.0. The van der Waals surface area contributed by atoms with Crippen molar-refractivity contribution < 1.29 is 19.4 Å². The van der Waals surface area contributed by atoms with E-state index in [1.807, 2.05) is 20.0 Å². The molecular formula is C17H28N2O4. The fraction of sp³-hybridized carbons (Fsp3) is 0.765. The molecule has 2 rings (SSSR count). The molecular weight excluding hydrogens is 296 g/mol. The molecule has 1 aromatic heterocycles. The van der Waals surface area contributed by atoms with Crippen LogP contribution in [0, 0.1) is 5.92 Å². The van der Waals surface area contributed by atoms with E-state index in [2.05, 4.69) is 5.10 Å². The Balaban J connectivity index is 2.10. The van der Waals surface area contributed by atoms with Gasteiger partial charge in [0.15, 0.2) is 0 Å². The van der Waals surface area contributed by atoms with Gasteiger partial charge in [-0.05, 0) is 46.5 Å². The second-order valence-electron chi connectivity index (χ2n) is 6.97. The Kier molecular flexibility index (Phi) is 5.47. The average molecular weight is 324 g/mol. The molecule has 0 saturated heterocycles. The first-order chi connectivity index (χ1) is 10.8. The number of hydrogen-bond donors (Lipinski definition) is 1. The van der Waals surface area contributed by atoms with Gasteiger partial charge in [-0.1, -0.05) is 0 Å². The number of methoxy groups -OCH3 is 1. The van der Waals surface area contributed by atoms with E-state index in [9.17, 15) is 9.90 Å². The van der Waals surface area contributed by atoms with E-state index in [0.29, 0.717) is 26.0 Å². The first-order valence-corrected chi connectivity index (χ1v) is 8.27. The van der Waals surface area contributed by atoms with E-state index in [0.717, 1.165) is 18.4 Å². The lowest BCUT2D eigenvalue weighted by Gasteiger charge is -2.35. The van der Waals surface area contributed by atoms with Gasteiger partial charge < -0.3 is 14.6 Å². The number of aliphatic hydroxyl groups is 1. The molecule has 1 fully saturated rings. The van der Waals surface area contributed by atoms with Crippen LogP contribution in [-0.4, -0.2) is 40.2 Å². The number of aromatic nitrogens is 2. The van der Waals surface area contributed by atoms with Crippen LogP contribution in [0.2, 0.25) is 0 Å². The molecule has 0 spiro atoms. The fourth-order valence-corrected chi connectivity index (χ4v) is 3.12. The van der Waals surface area contributed by atoms with E-state index in [1.54, 1.807) is 24.9 Å². The maximum Gasteiger partial charge on any atom is 0.309 e. The maximum atomic E-state index is 12.0. The summed E-state index contributed by atoms with van der Waals surface area (Å²) < 4.78 is 12.3. The van der Waals surface area contributed by atoms with Gasteiger partial charge in [0, 0.05) is 18.9 Å². The van der Waals surface area contributed by atoms with Crippen molar-refractivity contribution in [3.8, 4) is 0 Å². The molecule has 1 aliphatic carbocycles. The van der Waals surface area contributed by atoms with Crippen molar-refractivity contribution in [1.82, 2.24) is 9.78 Å². The van der Waals surface area contributed by atoms with E-state index < -0.39 is 5.60 Å². The van der Waals surface area contributed by atoms with E-state index in [-0.39, 0.29) is 17.5 Å². The molecule has 0 bridgehead atoms. The zero-order valence-electron chi connectivity index (χ0n) is 14.5. The van der Waals surface area contributed by atoms with Crippen molar-refractivity contribution in [2.75, 3.05) is 13.7 Å². The van der Waals surface area contributed by atoms with E-state index >= 15 is 0 Å². The van der Waals surface area contributed by atoms with Crippen LogP contribution in [0.4, 0.5) is 0 Å². The molecule has 1 saturated carbocycles. The molecule has 1 heterocycles.